The van der Waals surface area contributed by atoms with E-state index in [1.54, 1.807) is 42.7 Å². The van der Waals surface area contributed by atoms with Gasteiger partial charge in [-0.05, 0) is 71.2 Å². The lowest BCUT2D eigenvalue weighted by molar-refractivity contribution is 0.309. The van der Waals surface area contributed by atoms with Gasteiger partial charge in [0.2, 0.25) is 0 Å². The number of hydrogen-bond acceptors (Lipinski definition) is 6. The van der Waals surface area contributed by atoms with Crippen LogP contribution < -0.4 is 23.7 Å². The van der Waals surface area contributed by atoms with Gasteiger partial charge in [-0.1, -0.05) is 36.9 Å². The lowest BCUT2D eigenvalue weighted by Crippen LogP contribution is -2.09. The number of methoxy groups -OCH3 is 6. The Morgan fingerprint density at radius 3 is 1.80 bits per heavy atom. The van der Waals surface area contributed by atoms with Gasteiger partial charge < -0.3 is 28.4 Å². The van der Waals surface area contributed by atoms with Crippen molar-refractivity contribution in [3.63, 3.8) is 0 Å². The Hall–Kier alpha value is -4.58. The molecular formula is C35H38O6. The van der Waals surface area contributed by atoms with Crippen molar-refractivity contribution in [2.24, 2.45) is 0 Å². The van der Waals surface area contributed by atoms with Gasteiger partial charge >= 0.3 is 0 Å². The van der Waals surface area contributed by atoms with Crippen LogP contribution in [0.15, 0.2) is 96.8 Å². The van der Waals surface area contributed by atoms with E-state index in [1.165, 1.54) is 0 Å². The van der Waals surface area contributed by atoms with Gasteiger partial charge in [0, 0.05) is 29.5 Å². The van der Waals surface area contributed by atoms with E-state index >= 15 is 0 Å². The highest BCUT2D eigenvalue weighted by atomic mass is 16.5. The minimum absolute atomic E-state index is 0.0808. The molecule has 3 aromatic carbocycles. The van der Waals surface area contributed by atoms with Gasteiger partial charge in [-0.15, -0.1) is 0 Å². The topological polar surface area (TPSA) is 55.4 Å². The lowest BCUT2D eigenvalue weighted by atomic mass is 9.79. The summed E-state index contributed by atoms with van der Waals surface area (Å²) in [6.45, 7) is 5.95. The second kappa shape index (κ2) is 13.2. The summed E-state index contributed by atoms with van der Waals surface area (Å²) in [5, 5.41) is 0. The normalized spacial score (nSPS) is 17.3. The summed E-state index contributed by atoms with van der Waals surface area (Å²) in [5.74, 6) is 4.07. The van der Waals surface area contributed by atoms with Gasteiger partial charge in [0.1, 0.15) is 34.5 Å². The zero-order valence-corrected chi connectivity index (χ0v) is 24.8. The first-order chi connectivity index (χ1) is 19.9. The third-order valence-electron chi connectivity index (χ3n) is 7.45. The predicted molar refractivity (Wildman–Crippen MR) is 164 cm³/mol. The van der Waals surface area contributed by atoms with Crippen molar-refractivity contribution in [2.45, 2.75) is 18.8 Å². The van der Waals surface area contributed by atoms with Crippen LogP contribution in [0.3, 0.4) is 0 Å². The monoisotopic (exact) mass is 554 g/mol. The van der Waals surface area contributed by atoms with Crippen molar-refractivity contribution in [3.8, 4) is 28.7 Å². The molecule has 0 spiro atoms. The summed E-state index contributed by atoms with van der Waals surface area (Å²) < 4.78 is 33.8. The fraction of sp³-hybridized carbons (Fsp3) is 0.257. The molecular weight excluding hydrogens is 516 g/mol. The SMILES string of the molecule is C=C(\C=C/C(=C\C)/C=C1/c2cc(OC)cc(OC)c2[C@H](c2cc(OC)cc(OC)c2)C1c1ccc(OC)cc1)OC. The molecule has 3 aromatic rings. The van der Waals surface area contributed by atoms with Gasteiger partial charge in [-0.2, -0.15) is 0 Å². The summed E-state index contributed by atoms with van der Waals surface area (Å²) in [4.78, 5) is 0. The molecule has 0 amide bonds. The molecule has 0 heterocycles. The van der Waals surface area contributed by atoms with Crippen LogP contribution in [-0.2, 0) is 4.74 Å². The van der Waals surface area contributed by atoms with E-state index < -0.39 is 0 Å². The summed E-state index contributed by atoms with van der Waals surface area (Å²) in [7, 11) is 9.97. The minimum atomic E-state index is -0.120. The predicted octanol–water partition coefficient (Wildman–Crippen LogP) is 7.70. The van der Waals surface area contributed by atoms with Gasteiger partial charge in [0.05, 0.1) is 42.7 Å². The van der Waals surface area contributed by atoms with Gasteiger partial charge in [0.25, 0.3) is 0 Å². The Kier molecular flexibility index (Phi) is 9.45. The molecule has 0 fully saturated rings. The largest absolute Gasteiger partial charge is 0.497 e. The van der Waals surface area contributed by atoms with Gasteiger partial charge in [0.15, 0.2) is 0 Å². The molecule has 1 aliphatic rings. The Morgan fingerprint density at radius 2 is 1.27 bits per heavy atom. The Labute approximate surface area is 243 Å². The average molecular weight is 555 g/mol. The lowest BCUT2D eigenvalue weighted by Gasteiger charge is -2.25. The molecule has 0 bridgehead atoms. The van der Waals surface area contributed by atoms with Crippen molar-refractivity contribution in [1.29, 1.82) is 0 Å². The van der Waals surface area contributed by atoms with Crippen LogP contribution in [0.1, 0.15) is 41.0 Å². The quantitative estimate of drug-likeness (QED) is 0.179. The second-order valence-electron chi connectivity index (χ2n) is 9.56. The highest BCUT2D eigenvalue weighted by molar-refractivity contribution is 5.86. The molecule has 0 saturated heterocycles. The third-order valence-corrected chi connectivity index (χ3v) is 7.45. The number of rotatable bonds is 11. The summed E-state index contributed by atoms with van der Waals surface area (Å²) in [6.07, 6.45) is 8.14. The fourth-order valence-corrected chi connectivity index (χ4v) is 5.34. The number of allylic oxidation sites excluding steroid dienone is 6. The van der Waals surface area contributed by atoms with Crippen LogP contribution >= 0.6 is 0 Å². The maximum atomic E-state index is 6.01. The first-order valence-corrected chi connectivity index (χ1v) is 13.3. The molecule has 0 aromatic heterocycles. The molecule has 6 nitrogen and oxygen atoms in total. The highest BCUT2D eigenvalue weighted by Crippen LogP contribution is 2.59. The van der Waals surface area contributed by atoms with Crippen LogP contribution in [0.4, 0.5) is 0 Å². The first-order valence-electron chi connectivity index (χ1n) is 13.3. The summed E-state index contributed by atoms with van der Waals surface area (Å²) >= 11 is 0. The van der Waals surface area contributed by atoms with Gasteiger partial charge in [-0.25, -0.2) is 0 Å². The molecule has 0 radical (unpaired) electrons. The molecule has 214 valence electrons. The van der Waals surface area contributed by atoms with E-state index in [1.807, 2.05) is 43.3 Å². The third kappa shape index (κ3) is 6.12. The first kappa shape index (κ1) is 29.4. The average Bonchev–Trinajstić information content (AvgIpc) is 3.35. The van der Waals surface area contributed by atoms with E-state index in [4.69, 9.17) is 28.4 Å². The second-order valence-corrected chi connectivity index (χ2v) is 9.56. The van der Waals surface area contributed by atoms with E-state index in [9.17, 15) is 0 Å². The molecule has 6 heteroatoms. The number of hydrogen-bond donors (Lipinski definition) is 0. The van der Waals surface area contributed by atoms with Crippen molar-refractivity contribution in [1.82, 2.24) is 0 Å². The Morgan fingerprint density at radius 1 is 0.659 bits per heavy atom. The molecule has 4 rings (SSSR count). The van der Waals surface area contributed by atoms with Crippen LogP contribution in [0.2, 0.25) is 0 Å². The van der Waals surface area contributed by atoms with Gasteiger partial charge in [-0.3, -0.25) is 0 Å². The maximum absolute atomic E-state index is 6.01. The Balaban J connectivity index is 2.07. The van der Waals surface area contributed by atoms with E-state index in [2.05, 4.69) is 49.1 Å². The zero-order valence-electron chi connectivity index (χ0n) is 24.8. The minimum Gasteiger partial charge on any atom is -0.497 e. The van der Waals surface area contributed by atoms with Crippen LogP contribution in [0.25, 0.3) is 5.57 Å². The van der Waals surface area contributed by atoms with Crippen molar-refractivity contribution in [2.75, 3.05) is 42.7 Å². The maximum Gasteiger partial charge on any atom is 0.127 e. The molecule has 0 saturated carbocycles. The summed E-state index contributed by atoms with van der Waals surface area (Å²) in [6, 6.07) is 18.3. The van der Waals surface area contributed by atoms with Crippen molar-refractivity contribution >= 4 is 5.57 Å². The van der Waals surface area contributed by atoms with Crippen LogP contribution in [0.5, 0.6) is 28.7 Å². The number of benzene rings is 3. The number of fused-ring (bicyclic) bond motifs is 1. The summed E-state index contributed by atoms with van der Waals surface area (Å²) in [5.41, 5.74) is 6.41. The zero-order chi connectivity index (χ0) is 29.5. The molecule has 41 heavy (non-hydrogen) atoms. The molecule has 1 unspecified atom stereocenters. The molecule has 1 aliphatic carbocycles. The van der Waals surface area contributed by atoms with Crippen molar-refractivity contribution < 1.29 is 28.4 Å². The van der Waals surface area contributed by atoms with Crippen LogP contribution in [0, 0.1) is 0 Å². The van der Waals surface area contributed by atoms with Crippen LogP contribution in [-0.4, -0.2) is 42.7 Å². The van der Waals surface area contributed by atoms with Crippen molar-refractivity contribution in [3.05, 3.63) is 119 Å². The van der Waals surface area contributed by atoms with E-state index in [0.29, 0.717) is 11.5 Å². The smallest absolute Gasteiger partial charge is 0.127 e. The highest BCUT2D eigenvalue weighted by Gasteiger charge is 2.41. The standard InChI is InChI=1S/C35H38O6/c1-9-23(11-10-22(2)36-3)16-30-31-20-29(40-7)21-32(41-8)35(31)34(25-17-27(38-5)19-28(18-25)39-6)33(30)24-12-14-26(37-4)15-13-24/h9-21,33-34H,2H2,1,3-8H3/b11-10-,23-9+,30-16-/t33?,34-/m1/s1. The Bertz CT molecular complexity index is 1460. The fourth-order valence-electron chi connectivity index (χ4n) is 5.34. The molecule has 0 N–H and O–H groups in total. The number of ether oxygens (including phenoxy) is 6. The van der Waals surface area contributed by atoms with E-state index in [-0.39, 0.29) is 11.8 Å². The van der Waals surface area contributed by atoms with E-state index in [0.717, 1.165) is 56.4 Å². The molecule has 0 aliphatic heterocycles. The molecule has 2 atom stereocenters.